The standard InChI is InChI=1S/C17H32N2O11/c1-7(22)19-10-15(12(24)9(6-21)28-16(10)27-4-2-3-18)30-17-14(26)13(25)11(23)8(5-20)29-17/h8-17,20-21,23-26H,2-6,18H2,1H3,(H,19,22)/t8-,9-,10-,11+,12+,13+,14-,15-,16+,17+/m1/s1. The van der Waals surface area contributed by atoms with Crippen LogP contribution >= 0.6 is 0 Å². The van der Waals surface area contributed by atoms with Crippen LogP contribution in [0.2, 0.25) is 0 Å². The number of nitrogens with two attached hydrogens (primary N) is 1. The van der Waals surface area contributed by atoms with Crippen molar-refractivity contribution in [3.8, 4) is 0 Å². The number of hydrogen-bond donors (Lipinski definition) is 8. The second-order valence-electron chi connectivity index (χ2n) is 7.25. The Morgan fingerprint density at radius 2 is 1.57 bits per heavy atom. The van der Waals surface area contributed by atoms with Crippen molar-refractivity contribution in [3.63, 3.8) is 0 Å². The van der Waals surface area contributed by atoms with Gasteiger partial charge in [-0.05, 0) is 13.0 Å². The monoisotopic (exact) mass is 440 g/mol. The number of nitrogens with one attached hydrogen (secondary N) is 1. The highest BCUT2D eigenvalue weighted by molar-refractivity contribution is 5.73. The number of aliphatic hydroxyl groups excluding tert-OH is 6. The molecule has 176 valence electrons. The van der Waals surface area contributed by atoms with Gasteiger partial charge in [-0.25, -0.2) is 0 Å². The third-order valence-electron chi connectivity index (χ3n) is 4.99. The van der Waals surface area contributed by atoms with Gasteiger partial charge in [0, 0.05) is 6.92 Å². The molecule has 30 heavy (non-hydrogen) atoms. The van der Waals surface area contributed by atoms with Crippen molar-refractivity contribution in [1.82, 2.24) is 5.32 Å². The molecule has 0 aromatic rings. The summed E-state index contributed by atoms with van der Waals surface area (Å²) in [6.07, 6.45) is -12.4. The van der Waals surface area contributed by atoms with Gasteiger partial charge in [-0.3, -0.25) is 4.79 Å². The number of rotatable bonds is 9. The summed E-state index contributed by atoms with van der Waals surface area (Å²) >= 11 is 0. The molecule has 0 bridgehead atoms. The first-order valence-corrected chi connectivity index (χ1v) is 9.74. The first-order chi connectivity index (χ1) is 14.2. The van der Waals surface area contributed by atoms with Gasteiger partial charge in [0.25, 0.3) is 0 Å². The third-order valence-corrected chi connectivity index (χ3v) is 4.99. The van der Waals surface area contributed by atoms with Crippen LogP contribution < -0.4 is 11.1 Å². The Kier molecular flexibility index (Phi) is 9.77. The van der Waals surface area contributed by atoms with E-state index >= 15 is 0 Å². The molecule has 9 N–H and O–H groups in total. The molecule has 2 fully saturated rings. The zero-order valence-corrected chi connectivity index (χ0v) is 16.6. The van der Waals surface area contributed by atoms with E-state index in [2.05, 4.69) is 5.32 Å². The van der Waals surface area contributed by atoms with E-state index in [0.717, 1.165) is 0 Å². The number of ether oxygens (including phenoxy) is 4. The van der Waals surface area contributed by atoms with Crippen molar-refractivity contribution >= 4 is 5.91 Å². The highest BCUT2D eigenvalue weighted by Crippen LogP contribution is 2.29. The van der Waals surface area contributed by atoms with Gasteiger partial charge in [-0.2, -0.15) is 0 Å². The van der Waals surface area contributed by atoms with Crippen LogP contribution in [-0.4, -0.2) is 124 Å². The van der Waals surface area contributed by atoms with Gasteiger partial charge in [0.05, 0.1) is 19.8 Å². The smallest absolute Gasteiger partial charge is 0.217 e. The van der Waals surface area contributed by atoms with Gasteiger partial charge < -0.3 is 60.6 Å². The zero-order chi connectivity index (χ0) is 22.4. The molecule has 0 aliphatic carbocycles. The Hall–Kier alpha value is -0.970. The maximum absolute atomic E-state index is 11.7. The molecule has 2 aliphatic rings. The second-order valence-corrected chi connectivity index (χ2v) is 7.25. The van der Waals surface area contributed by atoms with Crippen molar-refractivity contribution in [1.29, 1.82) is 0 Å². The van der Waals surface area contributed by atoms with Crippen molar-refractivity contribution < 1.29 is 54.4 Å². The second kappa shape index (κ2) is 11.6. The lowest BCUT2D eigenvalue weighted by Crippen LogP contribution is -2.68. The third kappa shape index (κ3) is 5.83. The van der Waals surface area contributed by atoms with Gasteiger partial charge in [0.2, 0.25) is 5.91 Å². The fourth-order valence-electron chi connectivity index (χ4n) is 3.38. The van der Waals surface area contributed by atoms with Gasteiger partial charge in [0.1, 0.15) is 48.8 Å². The minimum absolute atomic E-state index is 0.165. The normalized spacial score (nSPS) is 42.1. The number of aliphatic hydroxyl groups is 6. The van der Waals surface area contributed by atoms with Crippen LogP contribution in [0.1, 0.15) is 13.3 Å². The molecule has 0 unspecified atom stereocenters. The molecule has 0 aromatic carbocycles. The minimum Gasteiger partial charge on any atom is -0.394 e. The first-order valence-electron chi connectivity index (χ1n) is 9.74. The average molecular weight is 440 g/mol. The molecule has 2 heterocycles. The van der Waals surface area contributed by atoms with Gasteiger partial charge >= 0.3 is 0 Å². The zero-order valence-electron chi connectivity index (χ0n) is 16.6. The topological polar surface area (TPSA) is 213 Å². The van der Waals surface area contributed by atoms with Crippen LogP contribution in [0.25, 0.3) is 0 Å². The highest BCUT2D eigenvalue weighted by atomic mass is 16.7. The van der Waals surface area contributed by atoms with E-state index in [9.17, 15) is 35.4 Å². The molecule has 2 aliphatic heterocycles. The summed E-state index contributed by atoms with van der Waals surface area (Å²) in [7, 11) is 0. The lowest BCUT2D eigenvalue weighted by molar-refractivity contribution is -0.344. The predicted molar refractivity (Wildman–Crippen MR) is 97.6 cm³/mol. The van der Waals surface area contributed by atoms with Crippen molar-refractivity contribution in [2.75, 3.05) is 26.4 Å². The SMILES string of the molecule is CC(=O)N[C@H]1[C@@H](OCCCN)O[C@H](CO)[C@H](O)[C@@H]1O[C@@H]1O[C@H](CO)[C@H](O)[C@H](O)[C@H]1O. The van der Waals surface area contributed by atoms with Crippen molar-refractivity contribution in [2.45, 2.75) is 74.7 Å². The summed E-state index contributed by atoms with van der Waals surface area (Å²) in [4.78, 5) is 11.7. The summed E-state index contributed by atoms with van der Waals surface area (Å²) in [5, 5.41) is 62.2. The summed E-state index contributed by atoms with van der Waals surface area (Å²) in [6, 6.07) is -1.08. The predicted octanol–water partition coefficient (Wildman–Crippen LogP) is -4.88. The van der Waals surface area contributed by atoms with Crippen LogP contribution in [0, 0.1) is 0 Å². The van der Waals surface area contributed by atoms with E-state index in [1.54, 1.807) is 0 Å². The fraction of sp³-hybridized carbons (Fsp3) is 0.941. The van der Waals surface area contributed by atoms with E-state index in [1.165, 1.54) is 6.92 Å². The fourth-order valence-corrected chi connectivity index (χ4v) is 3.38. The number of carbonyl (C=O) groups is 1. The number of carbonyl (C=O) groups excluding carboxylic acids is 1. The maximum Gasteiger partial charge on any atom is 0.217 e. The first kappa shape index (κ1) is 25.3. The molecule has 10 atom stereocenters. The average Bonchev–Trinajstić information content (AvgIpc) is 2.71. The van der Waals surface area contributed by atoms with E-state index in [-0.39, 0.29) is 6.61 Å². The molecule has 13 heteroatoms. The van der Waals surface area contributed by atoms with Crippen LogP contribution in [0.15, 0.2) is 0 Å². The van der Waals surface area contributed by atoms with Crippen LogP contribution in [0.5, 0.6) is 0 Å². The molecular weight excluding hydrogens is 408 g/mol. The van der Waals surface area contributed by atoms with E-state index < -0.39 is 80.5 Å². The highest BCUT2D eigenvalue weighted by Gasteiger charge is 2.51. The molecule has 0 spiro atoms. The Morgan fingerprint density at radius 1 is 0.967 bits per heavy atom. The van der Waals surface area contributed by atoms with Crippen LogP contribution in [0.4, 0.5) is 0 Å². The van der Waals surface area contributed by atoms with Gasteiger partial charge in [-0.1, -0.05) is 0 Å². The maximum atomic E-state index is 11.7. The molecule has 0 saturated carbocycles. The van der Waals surface area contributed by atoms with Crippen LogP contribution in [0.3, 0.4) is 0 Å². The van der Waals surface area contributed by atoms with Crippen molar-refractivity contribution in [3.05, 3.63) is 0 Å². The number of hydrogen-bond acceptors (Lipinski definition) is 12. The molecular formula is C17H32N2O11. The molecule has 2 rings (SSSR count). The van der Waals surface area contributed by atoms with Crippen molar-refractivity contribution in [2.24, 2.45) is 5.73 Å². The Labute approximate surface area is 173 Å². The van der Waals surface area contributed by atoms with E-state index in [4.69, 9.17) is 24.7 Å². The Morgan fingerprint density at radius 3 is 2.13 bits per heavy atom. The molecule has 0 aromatic heterocycles. The molecule has 13 nitrogen and oxygen atoms in total. The lowest BCUT2D eigenvalue weighted by Gasteiger charge is -2.47. The van der Waals surface area contributed by atoms with Crippen LogP contribution in [-0.2, 0) is 23.7 Å². The minimum atomic E-state index is -1.72. The molecule has 2 saturated heterocycles. The summed E-state index contributed by atoms with van der Waals surface area (Å²) < 4.78 is 22.1. The number of amides is 1. The largest absolute Gasteiger partial charge is 0.394 e. The molecule has 0 radical (unpaired) electrons. The molecule has 1 amide bonds. The quantitative estimate of drug-likeness (QED) is 0.158. The van der Waals surface area contributed by atoms with Gasteiger partial charge in [-0.15, -0.1) is 0 Å². The lowest BCUT2D eigenvalue weighted by atomic mass is 9.95. The summed E-state index contributed by atoms with van der Waals surface area (Å²) in [5.41, 5.74) is 5.45. The Balaban J connectivity index is 2.25. The Bertz CT molecular complexity index is 540. The van der Waals surface area contributed by atoms with E-state index in [0.29, 0.717) is 13.0 Å². The van der Waals surface area contributed by atoms with Gasteiger partial charge in [0.15, 0.2) is 12.6 Å². The summed E-state index contributed by atoms with van der Waals surface area (Å²) in [6.45, 7) is 0.471. The van der Waals surface area contributed by atoms with E-state index in [1.807, 2.05) is 0 Å². The summed E-state index contributed by atoms with van der Waals surface area (Å²) in [5.74, 6) is -0.493.